The van der Waals surface area contributed by atoms with Crippen molar-refractivity contribution in [1.82, 2.24) is 10.3 Å². The Bertz CT molecular complexity index is 1240. The molecular weight excluding hydrogens is 487 g/mol. The second kappa shape index (κ2) is 10.1. The van der Waals surface area contributed by atoms with Gasteiger partial charge in [0.15, 0.2) is 0 Å². The van der Waals surface area contributed by atoms with Crippen LogP contribution in [-0.4, -0.2) is 23.3 Å². The molecule has 33 heavy (non-hydrogen) atoms. The first-order valence-electron chi connectivity index (χ1n) is 9.03. The van der Waals surface area contributed by atoms with Crippen LogP contribution in [0.15, 0.2) is 42.6 Å². The number of nitrogen functional groups attached to an aromatic ring is 1. The zero-order valence-electron chi connectivity index (χ0n) is 16.4. The lowest BCUT2D eigenvalue weighted by Crippen LogP contribution is -2.27. The quantitative estimate of drug-likeness (QED) is 0.315. The van der Waals surface area contributed by atoms with Crippen molar-refractivity contribution in [3.63, 3.8) is 0 Å². The topological polar surface area (TPSA) is 97.1 Å². The minimum absolute atomic E-state index is 0.0147. The summed E-state index contributed by atoms with van der Waals surface area (Å²) in [6, 6.07) is 6.63. The predicted molar refractivity (Wildman–Crippen MR) is 116 cm³/mol. The van der Waals surface area contributed by atoms with Gasteiger partial charge in [0.2, 0.25) is 0 Å². The van der Waals surface area contributed by atoms with Crippen LogP contribution < -0.4 is 16.4 Å². The first-order chi connectivity index (χ1) is 15.6. The molecule has 0 aliphatic carbocycles. The third-order valence-electron chi connectivity index (χ3n) is 4.30. The Labute approximate surface area is 194 Å². The third kappa shape index (κ3) is 5.71. The minimum atomic E-state index is -2.00. The van der Waals surface area contributed by atoms with Crippen molar-refractivity contribution < 1.29 is 27.2 Å². The van der Waals surface area contributed by atoms with Gasteiger partial charge in [-0.1, -0.05) is 23.2 Å². The maximum atomic E-state index is 14.7. The van der Waals surface area contributed by atoms with Crippen LogP contribution in [0.1, 0.15) is 20.8 Å². The summed E-state index contributed by atoms with van der Waals surface area (Å²) in [4.78, 5) is 28.1. The molecule has 1 aromatic heterocycles. The van der Waals surface area contributed by atoms with E-state index in [0.717, 1.165) is 30.5 Å². The summed E-state index contributed by atoms with van der Waals surface area (Å²) in [7, 11) is 0. The Hall–Kier alpha value is -3.37. The van der Waals surface area contributed by atoms with Crippen LogP contribution in [0.5, 0.6) is 0 Å². The van der Waals surface area contributed by atoms with Crippen molar-refractivity contribution in [2.75, 3.05) is 17.6 Å². The van der Waals surface area contributed by atoms with E-state index >= 15 is 0 Å². The molecule has 1 heterocycles. The fourth-order valence-corrected chi connectivity index (χ4v) is 3.31. The Kier molecular flexibility index (Phi) is 7.39. The number of carbonyl (C=O) groups excluding carboxylic acids is 2. The van der Waals surface area contributed by atoms with Crippen LogP contribution in [-0.2, 0) is 0 Å². The number of carbonyl (C=O) groups is 2. The van der Waals surface area contributed by atoms with E-state index in [0.29, 0.717) is 0 Å². The van der Waals surface area contributed by atoms with Gasteiger partial charge >= 0.3 is 6.43 Å². The van der Waals surface area contributed by atoms with Crippen molar-refractivity contribution in [3.8, 4) is 11.1 Å². The second-order valence-electron chi connectivity index (χ2n) is 6.57. The maximum Gasteiger partial charge on any atom is 0.328 e. The zero-order valence-corrected chi connectivity index (χ0v) is 17.9. The van der Waals surface area contributed by atoms with E-state index in [1.807, 2.05) is 5.32 Å². The molecule has 0 atom stereocenters. The molecule has 3 rings (SSSR count). The smallest absolute Gasteiger partial charge is 0.328 e. The highest BCUT2D eigenvalue weighted by molar-refractivity contribution is 6.35. The number of hydrogen-bond donors (Lipinski definition) is 3. The molecule has 0 bridgehead atoms. The van der Waals surface area contributed by atoms with Crippen molar-refractivity contribution in [1.29, 1.82) is 0 Å². The maximum absolute atomic E-state index is 14.7. The molecule has 0 saturated carbocycles. The molecule has 2 amide bonds. The average molecular weight is 500 g/mol. The van der Waals surface area contributed by atoms with E-state index < -0.39 is 36.4 Å². The molecule has 0 spiro atoms. The zero-order chi connectivity index (χ0) is 24.3. The highest BCUT2D eigenvalue weighted by atomic mass is 35.5. The summed E-state index contributed by atoms with van der Waals surface area (Å²) >= 11 is 12.1. The van der Waals surface area contributed by atoms with Crippen LogP contribution in [0.25, 0.3) is 11.1 Å². The summed E-state index contributed by atoms with van der Waals surface area (Å²) in [6.45, 7) is -0.959. The first-order valence-corrected chi connectivity index (χ1v) is 9.78. The van der Waals surface area contributed by atoms with E-state index in [-0.39, 0.29) is 43.8 Å². The van der Waals surface area contributed by atoms with E-state index in [1.54, 1.807) is 0 Å². The van der Waals surface area contributed by atoms with Gasteiger partial charge in [-0.25, -0.2) is 13.8 Å². The second-order valence-corrected chi connectivity index (χ2v) is 7.39. The summed E-state index contributed by atoms with van der Waals surface area (Å²) < 4.78 is 52.3. The number of nitrogens with zero attached hydrogens (tertiary/aromatic N) is 1. The lowest BCUT2D eigenvalue weighted by atomic mass is 10.0. The molecule has 3 aromatic rings. The van der Waals surface area contributed by atoms with Gasteiger partial charge in [0.25, 0.3) is 11.8 Å². The summed E-state index contributed by atoms with van der Waals surface area (Å²) in [5.41, 5.74) is 5.36. The number of pyridine rings is 1. The van der Waals surface area contributed by atoms with Gasteiger partial charge in [-0.3, -0.25) is 9.59 Å². The molecule has 0 unspecified atom stereocenters. The molecule has 2 aromatic carbocycles. The minimum Gasteiger partial charge on any atom is -0.398 e. The predicted octanol–water partition coefficient (Wildman–Crippen LogP) is 5.33. The van der Waals surface area contributed by atoms with Crippen molar-refractivity contribution in [2.45, 2.75) is 0 Å². The Morgan fingerprint density at radius 2 is 1.70 bits per heavy atom. The molecule has 171 valence electrons. The van der Waals surface area contributed by atoms with E-state index in [2.05, 4.69) is 10.3 Å². The van der Waals surface area contributed by atoms with Crippen LogP contribution in [0, 0.1) is 18.1 Å². The fraction of sp³-hybridized carbons (Fsp3) is 0.0476. The monoisotopic (exact) mass is 499 g/mol. The molecule has 0 saturated heterocycles. The number of halogens is 6. The van der Waals surface area contributed by atoms with Gasteiger partial charge in [-0.05, 0) is 36.4 Å². The van der Waals surface area contributed by atoms with Gasteiger partial charge < -0.3 is 16.4 Å². The van der Waals surface area contributed by atoms with Crippen LogP contribution >= 0.6 is 23.2 Å². The normalized spacial score (nSPS) is 10.9. The van der Waals surface area contributed by atoms with Crippen LogP contribution in [0.4, 0.5) is 28.9 Å². The summed E-state index contributed by atoms with van der Waals surface area (Å²) in [6.07, 6.45) is -0.938. The first kappa shape index (κ1) is 24.3. The standard InChI is InChI=1S/C21H13Cl2F4N4O2/c22-14-5-12(11-2-1-9(24)3-17(11)28)16(25)6-13(14)20(32)31-10-4-15(23)19(29-7-10)21(33)30-8-18(26)27/h1-7H,8,28H2,(H,30,33)(H,31,32). The number of nitrogens with two attached hydrogens (primary N) is 1. The van der Waals surface area contributed by atoms with Gasteiger partial charge in [0, 0.05) is 16.8 Å². The Balaban J connectivity index is 1.81. The van der Waals surface area contributed by atoms with E-state index in [9.17, 15) is 27.2 Å². The van der Waals surface area contributed by atoms with Crippen molar-refractivity contribution >= 4 is 46.4 Å². The largest absolute Gasteiger partial charge is 0.398 e. The van der Waals surface area contributed by atoms with Gasteiger partial charge in [0.1, 0.15) is 17.3 Å². The van der Waals surface area contributed by atoms with Crippen LogP contribution in [0.2, 0.25) is 10.0 Å². The molecule has 1 radical (unpaired) electrons. The number of anilines is 2. The number of amides is 2. The molecule has 4 N–H and O–H groups in total. The Morgan fingerprint density at radius 1 is 0.970 bits per heavy atom. The Morgan fingerprint density at radius 3 is 2.33 bits per heavy atom. The fourth-order valence-electron chi connectivity index (χ4n) is 2.81. The average Bonchev–Trinajstić information content (AvgIpc) is 2.73. The number of rotatable bonds is 6. The highest BCUT2D eigenvalue weighted by Crippen LogP contribution is 2.33. The molecule has 6 nitrogen and oxygen atoms in total. The van der Waals surface area contributed by atoms with Crippen LogP contribution in [0.3, 0.4) is 0 Å². The number of aromatic nitrogens is 1. The number of hydrogen-bond acceptors (Lipinski definition) is 4. The van der Waals surface area contributed by atoms with E-state index in [1.165, 1.54) is 12.1 Å². The van der Waals surface area contributed by atoms with E-state index in [4.69, 9.17) is 28.9 Å². The number of nitrogens with one attached hydrogen (secondary N) is 2. The lowest BCUT2D eigenvalue weighted by molar-refractivity contribution is 0.0936. The molecule has 0 fully saturated rings. The molecule has 0 aliphatic rings. The van der Waals surface area contributed by atoms with Gasteiger partial charge in [-0.2, -0.15) is 8.78 Å². The van der Waals surface area contributed by atoms with Crippen molar-refractivity contribution in [3.05, 3.63) is 82.0 Å². The van der Waals surface area contributed by atoms with Gasteiger partial charge in [0.05, 0.1) is 34.0 Å². The summed E-state index contributed by atoms with van der Waals surface area (Å²) in [5, 5.41) is 3.97. The SMILES string of the molecule is Nc1cc(F)ccc1-c1cc(Cl)c(C(=O)Nc2cnc(C(=O)NC[C](F)F)c(Cl)c2)cc1F. The number of benzene rings is 2. The lowest BCUT2D eigenvalue weighted by Gasteiger charge is -2.12. The highest BCUT2D eigenvalue weighted by Gasteiger charge is 2.19. The third-order valence-corrected chi connectivity index (χ3v) is 4.90. The summed E-state index contributed by atoms with van der Waals surface area (Å²) in [5.74, 6) is -3.18. The molecular formula is C21H13Cl2F4N4O2. The van der Waals surface area contributed by atoms with Gasteiger partial charge in [-0.15, -0.1) is 0 Å². The van der Waals surface area contributed by atoms with Crippen molar-refractivity contribution in [2.24, 2.45) is 0 Å². The molecule has 12 heteroatoms. The molecule has 0 aliphatic heterocycles.